The average molecular weight is 336 g/mol. The largest absolute Gasteiger partial charge is 0.461 e. The molecule has 0 radical (unpaired) electrons. The summed E-state index contributed by atoms with van der Waals surface area (Å²) in [7, 11) is 0. The molecular weight excluding hydrogens is 327 g/mol. The molecule has 106 valence electrons. The summed E-state index contributed by atoms with van der Waals surface area (Å²) in [5.41, 5.74) is 0.517. The quantitative estimate of drug-likeness (QED) is 0.655. The summed E-state index contributed by atoms with van der Waals surface area (Å²) >= 11 is 17.7. The average Bonchev–Trinajstić information content (AvgIpc) is 2.85. The number of anilines is 2. The van der Waals surface area contributed by atoms with Gasteiger partial charge in [0, 0.05) is 0 Å². The molecule has 20 heavy (non-hydrogen) atoms. The van der Waals surface area contributed by atoms with Crippen molar-refractivity contribution in [2.24, 2.45) is 0 Å². The van der Waals surface area contributed by atoms with Gasteiger partial charge in [0.15, 0.2) is 5.69 Å². The summed E-state index contributed by atoms with van der Waals surface area (Å²) in [4.78, 5) is 15.4. The fourth-order valence-electron chi connectivity index (χ4n) is 1.36. The standard InChI is InChI=1S/C12H9Cl3N2O3/c1-2-19-11(18)10-5-20-12(17-10)16-9-4-7(14)6(13)3-8(9)15/h3-5H,2H2,1H3,(H,16,17). The van der Waals surface area contributed by atoms with Gasteiger partial charge in [-0.15, -0.1) is 0 Å². The summed E-state index contributed by atoms with van der Waals surface area (Å²) in [6.07, 6.45) is 1.19. The molecule has 0 atom stereocenters. The molecule has 0 unspecified atom stereocenters. The Balaban J connectivity index is 2.19. The van der Waals surface area contributed by atoms with Crippen molar-refractivity contribution in [1.82, 2.24) is 4.98 Å². The predicted octanol–water partition coefficient (Wildman–Crippen LogP) is 4.56. The van der Waals surface area contributed by atoms with Gasteiger partial charge in [0.05, 0.1) is 27.4 Å². The molecule has 2 rings (SSSR count). The minimum Gasteiger partial charge on any atom is -0.461 e. The lowest BCUT2D eigenvalue weighted by atomic mass is 10.3. The van der Waals surface area contributed by atoms with Crippen molar-refractivity contribution in [2.75, 3.05) is 11.9 Å². The van der Waals surface area contributed by atoms with Crippen molar-refractivity contribution < 1.29 is 13.9 Å². The van der Waals surface area contributed by atoms with Gasteiger partial charge in [-0.3, -0.25) is 0 Å². The van der Waals surface area contributed by atoms with Gasteiger partial charge in [-0.25, -0.2) is 4.79 Å². The van der Waals surface area contributed by atoms with Crippen molar-refractivity contribution >= 4 is 52.5 Å². The van der Waals surface area contributed by atoms with Gasteiger partial charge >= 0.3 is 5.97 Å². The van der Waals surface area contributed by atoms with Crippen LogP contribution < -0.4 is 5.32 Å². The molecule has 8 heteroatoms. The Morgan fingerprint density at radius 1 is 1.30 bits per heavy atom. The van der Waals surface area contributed by atoms with E-state index in [0.29, 0.717) is 20.8 Å². The van der Waals surface area contributed by atoms with Crippen LogP contribution in [0.3, 0.4) is 0 Å². The Bertz CT molecular complexity index is 643. The molecule has 1 N–H and O–H groups in total. The summed E-state index contributed by atoms with van der Waals surface area (Å²) in [5, 5.41) is 3.80. The number of hydrogen-bond acceptors (Lipinski definition) is 5. The van der Waals surface area contributed by atoms with Crippen LogP contribution in [0.1, 0.15) is 17.4 Å². The molecule has 1 heterocycles. The Labute approximate surface area is 129 Å². The van der Waals surface area contributed by atoms with Crippen LogP contribution in [0.25, 0.3) is 0 Å². The highest BCUT2D eigenvalue weighted by molar-refractivity contribution is 6.44. The highest BCUT2D eigenvalue weighted by Gasteiger charge is 2.14. The highest BCUT2D eigenvalue weighted by Crippen LogP contribution is 2.33. The number of benzene rings is 1. The van der Waals surface area contributed by atoms with Crippen LogP contribution in [0, 0.1) is 0 Å². The lowest BCUT2D eigenvalue weighted by Crippen LogP contribution is -2.05. The molecule has 1 aromatic carbocycles. The van der Waals surface area contributed by atoms with Crippen LogP contribution in [-0.2, 0) is 4.74 Å². The van der Waals surface area contributed by atoms with E-state index in [4.69, 9.17) is 44.0 Å². The lowest BCUT2D eigenvalue weighted by Gasteiger charge is -2.06. The number of oxazole rings is 1. The number of hydrogen-bond donors (Lipinski definition) is 1. The number of carbonyl (C=O) groups is 1. The summed E-state index contributed by atoms with van der Waals surface area (Å²) in [6.45, 7) is 1.96. The van der Waals surface area contributed by atoms with Crippen LogP contribution in [0.2, 0.25) is 15.1 Å². The molecule has 5 nitrogen and oxygen atoms in total. The van der Waals surface area contributed by atoms with Gasteiger partial charge in [-0.05, 0) is 19.1 Å². The summed E-state index contributed by atoms with van der Waals surface area (Å²) < 4.78 is 9.90. The molecule has 0 aliphatic carbocycles. The number of nitrogens with zero attached hydrogens (tertiary/aromatic N) is 1. The first-order valence-electron chi connectivity index (χ1n) is 5.55. The van der Waals surface area contributed by atoms with E-state index in [-0.39, 0.29) is 18.3 Å². The van der Waals surface area contributed by atoms with Gasteiger partial charge in [0.1, 0.15) is 6.26 Å². The molecule has 0 saturated heterocycles. The predicted molar refractivity (Wildman–Crippen MR) is 77.2 cm³/mol. The van der Waals surface area contributed by atoms with E-state index >= 15 is 0 Å². The molecule has 0 aliphatic rings. The van der Waals surface area contributed by atoms with E-state index in [0.717, 1.165) is 0 Å². The van der Waals surface area contributed by atoms with Crippen LogP contribution in [0.4, 0.5) is 11.7 Å². The van der Waals surface area contributed by atoms with Crippen molar-refractivity contribution in [1.29, 1.82) is 0 Å². The van der Waals surface area contributed by atoms with Crippen molar-refractivity contribution in [2.45, 2.75) is 6.92 Å². The number of ether oxygens (including phenoxy) is 1. The van der Waals surface area contributed by atoms with E-state index < -0.39 is 5.97 Å². The zero-order chi connectivity index (χ0) is 14.7. The fraction of sp³-hybridized carbons (Fsp3) is 0.167. The zero-order valence-electron chi connectivity index (χ0n) is 10.2. The number of carbonyl (C=O) groups excluding carboxylic acids is 1. The molecule has 0 aliphatic heterocycles. The highest BCUT2D eigenvalue weighted by atomic mass is 35.5. The minimum atomic E-state index is -0.565. The number of aromatic nitrogens is 1. The zero-order valence-corrected chi connectivity index (χ0v) is 12.5. The second kappa shape index (κ2) is 6.35. The van der Waals surface area contributed by atoms with Gasteiger partial charge in [-0.2, -0.15) is 4.98 Å². The molecule has 1 aromatic heterocycles. The topological polar surface area (TPSA) is 64.4 Å². The molecular formula is C12H9Cl3N2O3. The van der Waals surface area contributed by atoms with Gasteiger partial charge in [0.25, 0.3) is 6.01 Å². The van der Waals surface area contributed by atoms with Crippen LogP contribution in [-0.4, -0.2) is 17.6 Å². The maximum absolute atomic E-state index is 11.4. The van der Waals surface area contributed by atoms with E-state index in [1.54, 1.807) is 6.92 Å². The molecule has 0 spiro atoms. The first-order chi connectivity index (χ1) is 9.51. The van der Waals surface area contributed by atoms with Crippen LogP contribution in [0.15, 0.2) is 22.8 Å². The van der Waals surface area contributed by atoms with Crippen LogP contribution >= 0.6 is 34.8 Å². The van der Waals surface area contributed by atoms with Crippen LogP contribution in [0.5, 0.6) is 0 Å². The third-order valence-electron chi connectivity index (χ3n) is 2.24. The first-order valence-corrected chi connectivity index (χ1v) is 6.69. The Morgan fingerprint density at radius 2 is 2.00 bits per heavy atom. The van der Waals surface area contributed by atoms with Gasteiger partial charge < -0.3 is 14.5 Å². The second-order valence-electron chi connectivity index (χ2n) is 3.63. The third-order valence-corrected chi connectivity index (χ3v) is 3.28. The summed E-state index contributed by atoms with van der Waals surface area (Å²) in [5.74, 6) is -0.565. The van der Waals surface area contributed by atoms with E-state index in [1.807, 2.05) is 0 Å². The van der Waals surface area contributed by atoms with E-state index in [2.05, 4.69) is 10.3 Å². The SMILES string of the molecule is CCOC(=O)c1coc(Nc2cc(Cl)c(Cl)cc2Cl)n1. The molecule has 2 aromatic rings. The number of esters is 1. The third kappa shape index (κ3) is 3.36. The maximum atomic E-state index is 11.4. The molecule has 0 bridgehead atoms. The fourth-order valence-corrected chi connectivity index (χ4v) is 1.96. The normalized spacial score (nSPS) is 10.4. The maximum Gasteiger partial charge on any atom is 0.360 e. The minimum absolute atomic E-state index is 0.0607. The number of rotatable bonds is 4. The van der Waals surface area contributed by atoms with Crippen molar-refractivity contribution in [3.63, 3.8) is 0 Å². The lowest BCUT2D eigenvalue weighted by molar-refractivity contribution is 0.0519. The van der Waals surface area contributed by atoms with Gasteiger partial charge in [0.2, 0.25) is 0 Å². The van der Waals surface area contributed by atoms with E-state index in [9.17, 15) is 4.79 Å². The monoisotopic (exact) mass is 334 g/mol. The van der Waals surface area contributed by atoms with Gasteiger partial charge in [-0.1, -0.05) is 34.8 Å². The Kier molecular flexibility index (Phi) is 4.75. The first kappa shape index (κ1) is 15.0. The van der Waals surface area contributed by atoms with Crippen molar-refractivity contribution in [3.05, 3.63) is 39.2 Å². The summed E-state index contributed by atoms with van der Waals surface area (Å²) in [6, 6.07) is 3.11. The molecule has 0 saturated carbocycles. The van der Waals surface area contributed by atoms with Crippen molar-refractivity contribution in [3.8, 4) is 0 Å². The van der Waals surface area contributed by atoms with E-state index in [1.165, 1.54) is 18.4 Å². The second-order valence-corrected chi connectivity index (χ2v) is 4.85. The number of halogens is 3. The number of nitrogens with one attached hydrogen (secondary N) is 1. The molecule has 0 fully saturated rings. The Hall–Kier alpha value is -1.43. The molecule has 0 amide bonds. The smallest absolute Gasteiger partial charge is 0.360 e. The Morgan fingerprint density at radius 3 is 2.70 bits per heavy atom.